The van der Waals surface area contributed by atoms with Crippen molar-refractivity contribution in [2.75, 3.05) is 5.33 Å². The lowest BCUT2D eigenvalue weighted by molar-refractivity contribution is -0.156. The van der Waals surface area contributed by atoms with E-state index < -0.39 is 29.6 Å². The molecule has 1 saturated carbocycles. The van der Waals surface area contributed by atoms with Crippen LogP contribution in [-0.2, 0) is 32.6 Å². The van der Waals surface area contributed by atoms with Crippen LogP contribution < -0.4 is 5.32 Å². The van der Waals surface area contributed by atoms with E-state index in [1.165, 1.54) is 0 Å². The highest BCUT2D eigenvalue weighted by Crippen LogP contribution is 2.32. The molecule has 226 valence electrons. The number of ketones is 1. The molecule has 1 fully saturated rings. The summed E-state index contributed by atoms with van der Waals surface area (Å²) in [5, 5.41) is 3.81. The summed E-state index contributed by atoms with van der Waals surface area (Å²) in [5.74, 6) is -1.21. The molecular formula is C32H46BrN3O5. The van der Waals surface area contributed by atoms with Crippen molar-refractivity contribution in [2.45, 2.75) is 110 Å². The van der Waals surface area contributed by atoms with Gasteiger partial charge in [0.25, 0.3) is 5.91 Å². The van der Waals surface area contributed by atoms with Gasteiger partial charge in [-0.1, -0.05) is 67.2 Å². The van der Waals surface area contributed by atoms with Crippen LogP contribution >= 0.6 is 15.9 Å². The first kappa shape index (κ1) is 32.8. The maximum Gasteiger partial charge on any atom is 0.308 e. The van der Waals surface area contributed by atoms with E-state index in [2.05, 4.69) is 41.2 Å². The van der Waals surface area contributed by atoms with Gasteiger partial charge in [-0.2, -0.15) is 0 Å². The number of para-hydroxylation sites is 1. The van der Waals surface area contributed by atoms with Crippen molar-refractivity contribution in [2.24, 2.45) is 13.0 Å². The van der Waals surface area contributed by atoms with E-state index in [4.69, 9.17) is 4.74 Å². The van der Waals surface area contributed by atoms with Gasteiger partial charge >= 0.3 is 5.97 Å². The van der Waals surface area contributed by atoms with Crippen molar-refractivity contribution in [3.8, 4) is 0 Å². The van der Waals surface area contributed by atoms with Crippen LogP contribution in [0.5, 0.6) is 0 Å². The topological polar surface area (TPSA) is 97.7 Å². The maximum atomic E-state index is 14.6. The number of aryl methyl sites for hydroxylation is 1. The number of hydrogen-bond acceptors (Lipinski definition) is 5. The average molecular weight is 633 g/mol. The van der Waals surface area contributed by atoms with Gasteiger partial charge in [0, 0.05) is 24.0 Å². The Balaban J connectivity index is 1.98. The number of hydrogen-bond donors (Lipinski definition) is 1. The van der Waals surface area contributed by atoms with Gasteiger partial charge in [0.15, 0.2) is 5.78 Å². The third-order valence-corrected chi connectivity index (χ3v) is 8.21. The van der Waals surface area contributed by atoms with Crippen LogP contribution in [0.3, 0.4) is 0 Å². The number of nitrogens with one attached hydrogen (secondary N) is 1. The van der Waals surface area contributed by atoms with Crippen molar-refractivity contribution < 1.29 is 23.9 Å². The number of aromatic nitrogens is 1. The number of rotatable bonds is 11. The van der Waals surface area contributed by atoms with E-state index in [1.807, 2.05) is 29.8 Å². The Bertz CT molecular complexity index is 1260. The first-order valence-electron chi connectivity index (χ1n) is 14.7. The highest BCUT2D eigenvalue weighted by Gasteiger charge is 2.38. The molecule has 1 aromatic heterocycles. The lowest BCUT2D eigenvalue weighted by Crippen LogP contribution is -2.56. The normalized spacial score (nSPS) is 15.9. The van der Waals surface area contributed by atoms with Crippen LogP contribution in [-0.4, -0.2) is 62.1 Å². The molecule has 0 saturated heterocycles. The van der Waals surface area contributed by atoms with E-state index in [0.29, 0.717) is 11.6 Å². The summed E-state index contributed by atoms with van der Waals surface area (Å²) in [5.41, 5.74) is 1.86. The molecule has 0 aliphatic heterocycles. The molecule has 1 heterocycles. The van der Waals surface area contributed by atoms with E-state index >= 15 is 0 Å². The largest absolute Gasteiger partial charge is 0.460 e. The number of halogens is 1. The number of nitrogens with zero attached hydrogens (tertiary/aromatic N) is 2. The molecule has 1 unspecified atom stereocenters. The monoisotopic (exact) mass is 631 g/mol. The van der Waals surface area contributed by atoms with Crippen LogP contribution in [0.2, 0.25) is 0 Å². The number of Topliss-reactive ketones (excluding diaryl/α,β-unsaturated/α-hetero) is 1. The summed E-state index contributed by atoms with van der Waals surface area (Å²) in [6, 6.07) is 6.02. The number of ether oxygens (including phenoxy) is 1. The van der Waals surface area contributed by atoms with Gasteiger partial charge in [-0.25, -0.2) is 0 Å². The first-order chi connectivity index (χ1) is 19.2. The zero-order valence-corrected chi connectivity index (χ0v) is 27.2. The zero-order chi connectivity index (χ0) is 30.5. The molecule has 2 amide bonds. The molecule has 2 aromatic rings. The van der Waals surface area contributed by atoms with E-state index in [1.54, 1.807) is 32.6 Å². The van der Waals surface area contributed by atoms with Gasteiger partial charge in [0.05, 0.1) is 17.8 Å². The highest BCUT2D eigenvalue weighted by molar-refractivity contribution is 9.09. The first-order valence-corrected chi connectivity index (χ1v) is 15.9. The van der Waals surface area contributed by atoms with E-state index in [9.17, 15) is 19.2 Å². The van der Waals surface area contributed by atoms with E-state index in [0.717, 1.165) is 55.0 Å². The Hall–Kier alpha value is -2.68. The van der Waals surface area contributed by atoms with Crippen molar-refractivity contribution in [1.82, 2.24) is 14.8 Å². The van der Waals surface area contributed by atoms with Crippen molar-refractivity contribution in [1.29, 1.82) is 0 Å². The van der Waals surface area contributed by atoms with E-state index in [-0.39, 0.29) is 29.5 Å². The number of fused-ring (bicyclic) bond motifs is 1. The molecular weight excluding hydrogens is 586 g/mol. The minimum atomic E-state index is -1.06. The lowest BCUT2D eigenvalue weighted by atomic mass is 9.92. The molecule has 0 bridgehead atoms. The molecule has 2 atom stereocenters. The molecule has 1 aliphatic carbocycles. The fourth-order valence-electron chi connectivity index (χ4n) is 5.81. The van der Waals surface area contributed by atoms with Crippen LogP contribution in [0.25, 0.3) is 10.9 Å². The summed E-state index contributed by atoms with van der Waals surface area (Å²) >= 11 is 3.17. The molecule has 1 aromatic carbocycles. The summed E-state index contributed by atoms with van der Waals surface area (Å²) in [6.07, 6.45) is 5.16. The Kier molecular flexibility index (Phi) is 11.2. The Labute approximate surface area is 252 Å². The Morgan fingerprint density at radius 1 is 1.07 bits per heavy atom. The van der Waals surface area contributed by atoms with Crippen molar-refractivity contribution in [3.63, 3.8) is 0 Å². The molecule has 1 N–H and O–H groups in total. The van der Waals surface area contributed by atoms with Gasteiger partial charge in [0.1, 0.15) is 17.3 Å². The maximum absolute atomic E-state index is 14.6. The van der Waals surface area contributed by atoms with Crippen LogP contribution in [0.1, 0.15) is 96.1 Å². The summed E-state index contributed by atoms with van der Waals surface area (Å²) in [6.45, 7) is 11.2. The van der Waals surface area contributed by atoms with Crippen LogP contribution in [0, 0.1) is 5.92 Å². The summed E-state index contributed by atoms with van der Waals surface area (Å²) in [4.78, 5) is 55.3. The Morgan fingerprint density at radius 3 is 2.29 bits per heavy atom. The standard InChI is InChI=1S/C32H46BrN3O5/c1-20(2)17-24-23-15-11-12-16-26(23)35(7)29(24)31(40)36(22-13-9-8-10-14-22)21(3)30(39)34-25(27(37)19-33)18-28(38)41-32(4,5)6/h11-12,15-16,20-22,25H,8-10,13-14,17-19H2,1-7H3,(H,34,39)/t21-,25?/m0/s1. The SMILES string of the molecule is CC(C)Cc1c(C(=O)N(C2CCCCC2)[C@@H](C)C(=O)NC(CC(=O)OC(C)(C)C)C(=O)CBr)n(C)c2ccccc12. The van der Waals surface area contributed by atoms with Crippen LogP contribution in [0.4, 0.5) is 0 Å². The van der Waals surface area contributed by atoms with Gasteiger partial charge in [-0.05, 0) is 64.5 Å². The predicted molar refractivity (Wildman–Crippen MR) is 165 cm³/mol. The van der Waals surface area contributed by atoms with Crippen molar-refractivity contribution >= 4 is 50.4 Å². The predicted octanol–water partition coefficient (Wildman–Crippen LogP) is 5.72. The lowest BCUT2D eigenvalue weighted by Gasteiger charge is -2.38. The fourth-order valence-corrected chi connectivity index (χ4v) is 6.20. The number of carbonyl (C=O) groups excluding carboxylic acids is 4. The van der Waals surface area contributed by atoms with Crippen molar-refractivity contribution in [3.05, 3.63) is 35.5 Å². The quantitative estimate of drug-likeness (QED) is 0.253. The smallest absolute Gasteiger partial charge is 0.308 e. The number of carbonyl (C=O) groups is 4. The second-order valence-electron chi connectivity index (χ2n) is 12.6. The minimum absolute atomic E-state index is 0.0190. The molecule has 0 spiro atoms. The number of amides is 2. The Morgan fingerprint density at radius 2 is 1.71 bits per heavy atom. The average Bonchev–Trinajstić information content (AvgIpc) is 3.18. The second-order valence-corrected chi connectivity index (χ2v) is 13.2. The molecule has 41 heavy (non-hydrogen) atoms. The molecule has 3 rings (SSSR count). The zero-order valence-electron chi connectivity index (χ0n) is 25.6. The fraction of sp³-hybridized carbons (Fsp3) is 0.625. The van der Waals surface area contributed by atoms with Gasteiger partial charge in [0.2, 0.25) is 5.91 Å². The molecule has 8 nitrogen and oxygen atoms in total. The summed E-state index contributed by atoms with van der Waals surface area (Å²) < 4.78 is 7.36. The molecule has 9 heteroatoms. The van der Waals surface area contributed by atoms with Gasteiger partial charge < -0.3 is 19.5 Å². The number of esters is 1. The third-order valence-electron chi connectivity index (χ3n) is 7.65. The second kappa shape index (κ2) is 14.0. The molecule has 0 radical (unpaired) electrons. The number of alkyl halides is 1. The highest BCUT2D eigenvalue weighted by atomic mass is 79.9. The van der Waals surface area contributed by atoms with Gasteiger partial charge in [-0.15, -0.1) is 0 Å². The van der Waals surface area contributed by atoms with Gasteiger partial charge in [-0.3, -0.25) is 19.2 Å². The number of benzene rings is 1. The van der Waals surface area contributed by atoms with Crippen LogP contribution in [0.15, 0.2) is 24.3 Å². The molecule has 1 aliphatic rings. The minimum Gasteiger partial charge on any atom is -0.460 e. The summed E-state index contributed by atoms with van der Waals surface area (Å²) in [7, 11) is 1.91. The third kappa shape index (κ3) is 8.21.